The molecule has 2 aromatic carbocycles. The monoisotopic (exact) mass is 312 g/mol. The van der Waals surface area contributed by atoms with Crippen LogP contribution >= 0.6 is 12.2 Å². The molecular formula is C14H11F3N2OS. The molecule has 0 radical (unpaired) electrons. The van der Waals surface area contributed by atoms with Gasteiger partial charge in [-0.05, 0) is 54.7 Å². The fourth-order valence-electron chi connectivity index (χ4n) is 1.62. The van der Waals surface area contributed by atoms with Gasteiger partial charge < -0.3 is 15.8 Å². The summed E-state index contributed by atoms with van der Waals surface area (Å²) in [6.07, 6.45) is -4.40. The minimum atomic E-state index is -4.40. The highest BCUT2D eigenvalue weighted by molar-refractivity contribution is 7.80. The fraction of sp³-hybridized carbons (Fsp3) is 0.0714. The van der Waals surface area contributed by atoms with Gasteiger partial charge in [-0.1, -0.05) is 6.07 Å². The first-order chi connectivity index (χ1) is 9.84. The average molecular weight is 312 g/mol. The summed E-state index contributed by atoms with van der Waals surface area (Å²) in [4.78, 5) is 0. The molecule has 21 heavy (non-hydrogen) atoms. The lowest BCUT2D eigenvalue weighted by Crippen LogP contribution is -2.18. The van der Waals surface area contributed by atoms with Crippen LogP contribution in [0.15, 0.2) is 48.5 Å². The summed E-state index contributed by atoms with van der Waals surface area (Å²) in [6, 6.07) is 11.2. The lowest BCUT2D eigenvalue weighted by molar-refractivity contribution is -0.137. The Morgan fingerprint density at radius 3 is 2.29 bits per heavy atom. The van der Waals surface area contributed by atoms with Crippen molar-refractivity contribution in [3.8, 4) is 11.5 Å². The van der Waals surface area contributed by atoms with E-state index < -0.39 is 11.7 Å². The van der Waals surface area contributed by atoms with E-state index in [1.54, 1.807) is 24.3 Å². The first-order valence-corrected chi connectivity index (χ1v) is 6.27. The summed E-state index contributed by atoms with van der Waals surface area (Å²) in [7, 11) is 0. The molecule has 0 aromatic heterocycles. The first-order valence-electron chi connectivity index (χ1n) is 5.86. The Balaban J connectivity index is 2.13. The van der Waals surface area contributed by atoms with Crippen LogP contribution in [0.5, 0.6) is 11.5 Å². The molecule has 0 unspecified atom stereocenters. The number of rotatable bonds is 3. The third-order valence-corrected chi connectivity index (χ3v) is 2.62. The van der Waals surface area contributed by atoms with E-state index in [1.165, 1.54) is 12.1 Å². The molecule has 0 spiro atoms. The van der Waals surface area contributed by atoms with Gasteiger partial charge in [0.2, 0.25) is 0 Å². The lowest BCUT2D eigenvalue weighted by Gasteiger charge is -2.10. The van der Waals surface area contributed by atoms with Gasteiger partial charge in [0.05, 0.1) is 5.56 Å². The molecule has 0 aliphatic carbocycles. The smallest absolute Gasteiger partial charge is 0.416 e. The number of nitrogens with two attached hydrogens (primary N) is 1. The molecule has 0 atom stereocenters. The summed E-state index contributed by atoms with van der Waals surface area (Å²) in [5, 5.41) is 2.86. The van der Waals surface area contributed by atoms with Gasteiger partial charge in [-0.15, -0.1) is 0 Å². The van der Waals surface area contributed by atoms with Crippen LogP contribution in [-0.2, 0) is 6.18 Å². The number of nitrogens with one attached hydrogen (secondary N) is 1. The third-order valence-electron chi connectivity index (χ3n) is 2.52. The molecule has 0 saturated heterocycles. The van der Waals surface area contributed by atoms with Crippen molar-refractivity contribution < 1.29 is 17.9 Å². The van der Waals surface area contributed by atoms with Gasteiger partial charge in [-0.3, -0.25) is 0 Å². The third kappa shape index (κ3) is 4.35. The quantitative estimate of drug-likeness (QED) is 0.836. The Morgan fingerprint density at radius 2 is 1.71 bits per heavy atom. The van der Waals surface area contributed by atoms with Crippen molar-refractivity contribution in [2.45, 2.75) is 6.18 Å². The molecule has 3 N–H and O–H groups in total. The highest BCUT2D eigenvalue weighted by Gasteiger charge is 2.30. The molecule has 0 heterocycles. The predicted octanol–water partition coefficient (Wildman–Crippen LogP) is 4.15. The Bertz CT molecular complexity index is 641. The molecule has 0 aliphatic heterocycles. The van der Waals surface area contributed by atoms with Crippen molar-refractivity contribution in [1.82, 2.24) is 0 Å². The zero-order chi connectivity index (χ0) is 15.5. The summed E-state index contributed by atoms with van der Waals surface area (Å²) >= 11 is 4.69. The Labute approximate surface area is 124 Å². The van der Waals surface area contributed by atoms with Crippen LogP contribution in [0.2, 0.25) is 0 Å². The van der Waals surface area contributed by atoms with E-state index in [0.29, 0.717) is 11.4 Å². The average Bonchev–Trinajstić information content (AvgIpc) is 2.40. The molecule has 2 aromatic rings. The van der Waals surface area contributed by atoms with Gasteiger partial charge in [0, 0.05) is 5.69 Å². The van der Waals surface area contributed by atoms with Crippen LogP contribution in [0.25, 0.3) is 0 Å². The minimum Gasteiger partial charge on any atom is -0.457 e. The van der Waals surface area contributed by atoms with E-state index in [4.69, 9.17) is 22.7 Å². The number of alkyl halides is 3. The fourth-order valence-corrected chi connectivity index (χ4v) is 1.74. The second-order valence-electron chi connectivity index (χ2n) is 4.14. The van der Waals surface area contributed by atoms with Crippen molar-refractivity contribution in [1.29, 1.82) is 0 Å². The zero-order valence-corrected chi connectivity index (χ0v) is 11.5. The molecule has 2 rings (SSSR count). The predicted molar refractivity (Wildman–Crippen MR) is 78.4 cm³/mol. The standard InChI is InChI=1S/C14H11F3N2OS/c15-14(16,17)9-2-1-3-12(8-9)20-11-6-4-10(5-7-11)19-13(18)21/h1-8H,(H3,18,19,21). The molecule has 110 valence electrons. The number of hydrogen-bond acceptors (Lipinski definition) is 2. The topological polar surface area (TPSA) is 47.3 Å². The Morgan fingerprint density at radius 1 is 1.05 bits per heavy atom. The maximum absolute atomic E-state index is 12.6. The van der Waals surface area contributed by atoms with E-state index >= 15 is 0 Å². The summed E-state index contributed by atoms with van der Waals surface area (Å²) in [6.45, 7) is 0. The highest BCUT2D eigenvalue weighted by atomic mass is 32.1. The molecular weight excluding hydrogens is 301 g/mol. The second-order valence-corrected chi connectivity index (χ2v) is 4.58. The van der Waals surface area contributed by atoms with E-state index in [9.17, 15) is 13.2 Å². The van der Waals surface area contributed by atoms with Gasteiger partial charge in [-0.25, -0.2) is 0 Å². The number of benzene rings is 2. The van der Waals surface area contributed by atoms with Crippen molar-refractivity contribution in [2.75, 3.05) is 5.32 Å². The maximum atomic E-state index is 12.6. The number of anilines is 1. The van der Waals surface area contributed by atoms with E-state index in [2.05, 4.69) is 5.32 Å². The van der Waals surface area contributed by atoms with Crippen LogP contribution in [-0.4, -0.2) is 5.11 Å². The molecule has 0 fully saturated rings. The Kier molecular flexibility index (Phi) is 4.32. The normalized spacial score (nSPS) is 11.0. The number of hydrogen-bond donors (Lipinski definition) is 2. The van der Waals surface area contributed by atoms with Gasteiger partial charge in [0.1, 0.15) is 11.5 Å². The van der Waals surface area contributed by atoms with E-state index in [1.807, 2.05) is 0 Å². The van der Waals surface area contributed by atoms with Crippen molar-refractivity contribution in [2.24, 2.45) is 5.73 Å². The maximum Gasteiger partial charge on any atom is 0.416 e. The van der Waals surface area contributed by atoms with Crippen LogP contribution < -0.4 is 15.8 Å². The van der Waals surface area contributed by atoms with Crippen LogP contribution in [0, 0.1) is 0 Å². The van der Waals surface area contributed by atoms with Gasteiger partial charge in [0.15, 0.2) is 5.11 Å². The Hall–Kier alpha value is -2.28. The molecule has 0 aliphatic rings. The zero-order valence-electron chi connectivity index (χ0n) is 10.6. The van der Waals surface area contributed by atoms with Crippen LogP contribution in [0.4, 0.5) is 18.9 Å². The largest absolute Gasteiger partial charge is 0.457 e. The van der Waals surface area contributed by atoms with Gasteiger partial charge in [0.25, 0.3) is 0 Å². The summed E-state index contributed by atoms with van der Waals surface area (Å²) in [5.74, 6) is 0.516. The van der Waals surface area contributed by atoms with Gasteiger partial charge in [-0.2, -0.15) is 13.2 Å². The first kappa shape index (κ1) is 15.1. The van der Waals surface area contributed by atoms with Gasteiger partial charge >= 0.3 is 6.18 Å². The number of halogens is 3. The molecule has 3 nitrogen and oxygen atoms in total. The number of ether oxygens (including phenoxy) is 1. The van der Waals surface area contributed by atoms with Crippen LogP contribution in [0.1, 0.15) is 5.56 Å². The lowest BCUT2D eigenvalue weighted by atomic mass is 10.2. The second kappa shape index (κ2) is 6.01. The molecule has 0 amide bonds. The van der Waals surface area contributed by atoms with Crippen molar-refractivity contribution in [3.63, 3.8) is 0 Å². The van der Waals surface area contributed by atoms with Crippen molar-refractivity contribution >= 4 is 23.0 Å². The molecule has 0 bridgehead atoms. The van der Waals surface area contributed by atoms with Crippen molar-refractivity contribution in [3.05, 3.63) is 54.1 Å². The molecule has 0 saturated carbocycles. The van der Waals surface area contributed by atoms with E-state index in [-0.39, 0.29) is 10.9 Å². The number of thiocarbonyl (C=S) groups is 1. The van der Waals surface area contributed by atoms with E-state index in [0.717, 1.165) is 12.1 Å². The van der Waals surface area contributed by atoms with Crippen LogP contribution in [0.3, 0.4) is 0 Å². The highest BCUT2D eigenvalue weighted by Crippen LogP contribution is 2.32. The SMILES string of the molecule is NC(=S)Nc1ccc(Oc2cccc(C(F)(F)F)c2)cc1. The minimum absolute atomic E-state index is 0.111. The molecule has 7 heteroatoms. The summed E-state index contributed by atoms with van der Waals surface area (Å²) < 4.78 is 43.2. The summed E-state index contributed by atoms with van der Waals surface area (Å²) in [5.41, 5.74) is 5.23.